The first kappa shape index (κ1) is 61.7. The van der Waals surface area contributed by atoms with Crippen molar-refractivity contribution in [3.05, 3.63) is 273 Å². The maximum absolute atomic E-state index is 2.51. The molecule has 6 aromatic heterocycles. The van der Waals surface area contributed by atoms with Crippen LogP contribution in [0.3, 0.4) is 0 Å². The van der Waals surface area contributed by atoms with E-state index in [4.69, 9.17) is 0 Å². The van der Waals surface area contributed by atoms with Crippen LogP contribution in [0.2, 0.25) is 0 Å². The number of para-hydroxylation sites is 9. The summed E-state index contributed by atoms with van der Waals surface area (Å²) in [4.78, 5) is 0. The molecule has 0 spiro atoms. The SMILES string of the molecule is CC(C)C12CC3CC(CC(C3)C1)C2.CC(C)n1c2ccccc2c2cc3c(cc21)c1ccccc1n3-c1ccccc1.CC(C)n1c2ccccc2c2cc3c4ccccc4n(-c4ccccc4)c3cc21.CC(C)n1c2ccccc2c2ccc3c4ccccc4n(-c4ccccc4)c3c21. The fraction of sp³-hybridized carbons (Fsp3) is 0.234. The average molecular weight is 1300 g/mol. The predicted molar refractivity (Wildman–Crippen MR) is 428 cm³/mol. The minimum absolute atomic E-state index is 0.366. The summed E-state index contributed by atoms with van der Waals surface area (Å²) in [5, 5.41) is 15.8. The van der Waals surface area contributed by atoms with Gasteiger partial charge in [0.1, 0.15) is 0 Å². The third kappa shape index (κ3) is 9.86. The van der Waals surface area contributed by atoms with E-state index in [2.05, 4.69) is 356 Å². The van der Waals surface area contributed by atoms with Crippen LogP contribution in [-0.2, 0) is 0 Å². The highest BCUT2D eigenvalue weighted by molar-refractivity contribution is 6.24. The van der Waals surface area contributed by atoms with E-state index >= 15 is 0 Å². The van der Waals surface area contributed by atoms with Gasteiger partial charge < -0.3 is 27.4 Å². The second-order valence-electron chi connectivity index (χ2n) is 30.6. The van der Waals surface area contributed by atoms with Gasteiger partial charge in [0, 0.05) is 116 Å². The van der Waals surface area contributed by atoms with E-state index in [1.165, 1.54) is 148 Å². The standard InChI is InChI=1S/3C27H22N2.C13H22/c1-18(2)28-24-14-8-6-12-20(24)22-17-27-23(16-26(22)28)21-13-7-9-15-25(21)29(27)19-10-4-3-5-11-19;1-18(2)28-24-14-8-6-12-20(24)22-16-23-21-13-7-9-15-25(21)29(27(23)17-26(22)28)19-10-4-3-5-11-19;1-18(2)28-24-14-8-6-12-20(24)22-16-17-23-21-13-7-9-15-25(21)29(27(23)26(22)28)19-10-4-3-5-11-19;1-9(2)13-6-10-3-11(7-13)5-12(4-10)8-13/h3*3-18H,1-2H3;9-12H,3-8H2,1-2H3. The number of fused-ring (bicyclic) bond motifs is 19. The van der Waals surface area contributed by atoms with Gasteiger partial charge in [0.15, 0.2) is 0 Å². The fourth-order valence-electron chi connectivity index (χ4n) is 19.5. The van der Waals surface area contributed by atoms with Gasteiger partial charge in [-0.2, -0.15) is 0 Å². The van der Waals surface area contributed by atoms with Gasteiger partial charge in [-0.05, 0) is 206 Å². The van der Waals surface area contributed by atoms with E-state index in [9.17, 15) is 0 Å². The van der Waals surface area contributed by atoms with Crippen molar-refractivity contribution in [2.45, 2.75) is 112 Å². The van der Waals surface area contributed by atoms with E-state index < -0.39 is 0 Å². The van der Waals surface area contributed by atoms with Gasteiger partial charge in [-0.25, -0.2) is 0 Å². The van der Waals surface area contributed by atoms with E-state index in [0.717, 1.165) is 29.1 Å². The average Bonchev–Trinajstić information content (AvgIpc) is 1.54. The molecular formula is C94H88N6. The summed E-state index contributed by atoms with van der Waals surface area (Å²) >= 11 is 0. The van der Waals surface area contributed by atoms with Crippen LogP contribution in [0, 0.1) is 29.1 Å². The second kappa shape index (κ2) is 24.4. The van der Waals surface area contributed by atoms with E-state index in [0.29, 0.717) is 18.1 Å². The Morgan fingerprint density at radius 1 is 0.240 bits per heavy atom. The molecule has 4 fully saturated rings. The Kier molecular flexibility index (Phi) is 15.1. The molecule has 0 radical (unpaired) electrons. The highest BCUT2D eigenvalue weighted by Gasteiger charge is 2.52. The molecule has 4 aliphatic rings. The first-order valence-corrected chi connectivity index (χ1v) is 36.9. The molecule has 494 valence electrons. The number of aromatic nitrogens is 6. The van der Waals surface area contributed by atoms with Crippen LogP contribution in [0.15, 0.2) is 273 Å². The molecule has 0 amide bonds. The van der Waals surface area contributed by atoms with Crippen molar-refractivity contribution in [1.82, 2.24) is 27.4 Å². The lowest BCUT2D eigenvalue weighted by molar-refractivity contribution is -0.0789. The molecule has 4 aliphatic carbocycles. The molecule has 4 saturated carbocycles. The van der Waals surface area contributed by atoms with E-state index in [-0.39, 0.29) is 0 Å². The summed E-state index contributed by atoms with van der Waals surface area (Å²) in [7, 11) is 0. The minimum atomic E-state index is 0.366. The first-order chi connectivity index (χ1) is 48.9. The van der Waals surface area contributed by atoms with Gasteiger partial charge >= 0.3 is 0 Å². The number of nitrogens with zero attached hydrogens (tertiary/aromatic N) is 6. The summed E-state index contributed by atoms with van der Waals surface area (Å²) in [5.74, 6) is 4.34. The topological polar surface area (TPSA) is 29.6 Å². The van der Waals surface area contributed by atoms with Crippen LogP contribution >= 0.6 is 0 Å². The van der Waals surface area contributed by atoms with Gasteiger partial charge in [0.2, 0.25) is 0 Å². The molecule has 12 aromatic carbocycles. The number of hydrogen-bond acceptors (Lipinski definition) is 0. The van der Waals surface area contributed by atoms with Crippen LogP contribution in [0.5, 0.6) is 0 Å². The largest absolute Gasteiger partial charge is 0.338 e. The third-order valence-electron chi connectivity index (χ3n) is 23.4. The molecule has 0 atom stereocenters. The predicted octanol–water partition coefficient (Wildman–Crippen LogP) is 26.3. The number of benzene rings is 12. The maximum atomic E-state index is 2.51. The summed E-state index contributed by atoms with van der Waals surface area (Å²) in [6, 6.07) is 99.9. The lowest BCUT2D eigenvalue weighted by Crippen LogP contribution is -2.48. The molecule has 6 heterocycles. The molecule has 22 rings (SSSR count). The van der Waals surface area contributed by atoms with Crippen LogP contribution in [0.25, 0.3) is 148 Å². The van der Waals surface area contributed by atoms with Crippen LogP contribution in [-0.4, -0.2) is 27.4 Å². The normalized spacial score (nSPS) is 17.5. The van der Waals surface area contributed by atoms with Gasteiger partial charge in [0.25, 0.3) is 0 Å². The first-order valence-electron chi connectivity index (χ1n) is 36.9. The zero-order valence-electron chi connectivity index (χ0n) is 58.9. The Balaban J connectivity index is 0.0000000991. The zero-order chi connectivity index (χ0) is 67.7. The Labute approximate surface area is 585 Å². The molecule has 0 aliphatic heterocycles. The Morgan fingerprint density at radius 2 is 0.530 bits per heavy atom. The van der Waals surface area contributed by atoms with Crippen molar-refractivity contribution in [3.63, 3.8) is 0 Å². The maximum Gasteiger partial charge on any atom is 0.0785 e. The molecule has 18 aromatic rings. The lowest BCUT2D eigenvalue weighted by atomic mass is 9.47. The highest BCUT2D eigenvalue weighted by atomic mass is 15.1. The molecule has 0 unspecified atom stereocenters. The van der Waals surface area contributed by atoms with Crippen molar-refractivity contribution in [1.29, 1.82) is 0 Å². The van der Waals surface area contributed by atoms with E-state index in [1.54, 1.807) is 38.5 Å². The van der Waals surface area contributed by atoms with Gasteiger partial charge in [-0.1, -0.05) is 190 Å². The summed E-state index contributed by atoms with van der Waals surface area (Å²) in [5.41, 5.74) is 19.8. The highest BCUT2D eigenvalue weighted by Crippen LogP contribution is 2.62. The van der Waals surface area contributed by atoms with E-state index in [1.807, 2.05) is 0 Å². The fourth-order valence-corrected chi connectivity index (χ4v) is 19.5. The number of hydrogen-bond donors (Lipinski definition) is 0. The minimum Gasteiger partial charge on any atom is -0.338 e. The molecule has 0 saturated heterocycles. The van der Waals surface area contributed by atoms with Crippen molar-refractivity contribution < 1.29 is 0 Å². The van der Waals surface area contributed by atoms with Gasteiger partial charge in [-0.15, -0.1) is 0 Å². The third-order valence-corrected chi connectivity index (χ3v) is 23.4. The van der Waals surface area contributed by atoms with Gasteiger partial charge in [-0.3, -0.25) is 0 Å². The molecule has 4 bridgehead atoms. The molecule has 6 nitrogen and oxygen atoms in total. The second-order valence-corrected chi connectivity index (χ2v) is 30.6. The van der Waals surface area contributed by atoms with Crippen molar-refractivity contribution in [3.8, 4) is 17.1 Å². The Hall–Kier alpha value is -10.6. The van der Waals surface area contributed by atoms with Crippen molar-refractivity contribution >= 4 is 131 Å². The van der Waals surface area contributed by atoms with Crippen molar-refractivity contribution in [2.75, 3.05) is 0 Å². The van der Waals surface area contributed by atoms with Crippen LogP contribution < -0.4 is 0 Å². The monoisotopic (exact) mass is 1300 g/mol. The van der Waals surface area contributed by atoms with Crippen molar-refractivity contribution in [2.24, 2.45) is 29.1 Å². The summed E-state index contributed by atoms with van der Waals surface area (Å²) in [6.07, 6.45) is 9.51. The van der Waals surface area contributed by atoms with Crippen LogP contribution in [0.4, 0.5) is 0 Å². The van der Waals surface area contributed by atoms with Gasteiger partial charge in [0.05, 0.1) is 49.7 Å². The quantitative estimate of drug-likeness (QED) is 0.152. The number of rotatable bonds is 7. The Morgan fingerprint density at radius 3 is 0.960 bits per heavy atom. The summed E-state index contributed by atoms with van der Waals surface area (Å²) < 4.78 is 14.7. The lowest BCUT2D eigenvalue weighted by Gasteiger charge is -2.58. The summed E-state index contributed by atoms with van der Waals surface area (Å²) in [6.45, 7) is 18.6. The smallest absolute Gasteiger partial charge is 0.0785 e. The molecule has 6 heteroatoms. The Bertz CT molecular complexity index is 6070. The molecule has 0 N–H and O–H groups in total. The molecular weight excluding hydrogens is 1210 g/mol. The molecule has 100 heavy (non-hydrogen) atoms. The van der Waals surface area contributed by atoms with Crippen LogP contribution in [0.1, 0.15) is 112 Å². The zero-order valence-corrected chi connectivity index (χ0v) is 58.9.